The number of hydrogen-bond acceptors (Lipinski definition) is 7. The van der Waals surface area contributed by atoms with Crippen LogP contribution in [0.5, 0.6) is 0 Å². The quantitative estimate of drug-likeness (QED) is 0.197. The molecule has 0 bridgehead atoms. The van der Waals surface area contributed by atoms with E-state index in [0.29, 0.717) is 33.3 Å². The highest BCUT2D eigenvalue weighted by atomic mass is 35.5. The summed E-state index contributed by atoms with van der Waals surface area (Å²) in [6, 6.07) is 9.83. The number of anilines is 1. The molecule has 0 saturated heterocycles. The van der Waals surface area contributed by atoms with Gasteiger partial charge in [0, 0.05) is 29.9 Å². The first-order valence-electron chi connectivity index (χ1n) is 11.0. The maximum absolute atomic E-state index is 12.9. The van der Waals surface area contributed by atoms with E-state index < -0.39 is 16.9 Å². The van der Waals surface area contributed by atoms with Crippen LogP contribution in [0.3, 0.4) is 0 Å². The molecule has 3 rings (SSSR count). The summed E-state index contributed by atoms with van der Waals surface area (Å²) in [6.45, 7) is 6.26. The Bertz CT molecular complexity index is 1280. The molecule has 1 atom stereocenters. The first-order chi connectivity index (χ1) is 17.1. The van der Waals surface area contributed by atoms with Crippen LogP contribution in [-0.4, -0.2) is 37.3 Å². The molecule has 2 aromatic carbocycles. The van der Waals surface area contributed by atoms with Crippen molar-refractivity contribution in [1.29, 1.82) is 0 Å². The summed E-state index contributed by atoms with van der Waals surface area (Å²) in [5, 5.41) is 26.5. The van der Waals surface area contributed by atoms with Crippen molar-refractivity contribution in [1.82, 2.24) is 20.1 Å². The number of rotatable bonds is 10. The van der Waals surface area contributed by atoms with Gasteiger partial charge in [-0.2, -0.15) is 0 Å². The molecule has 0 aliphatic rings. The van der Waals surface area contributed by atoms with E-state index in [1.165, 1.54) is 36.0 Å². The van der Waals surface area contributed by atoms with Gasteiger partial charge in [0.25, 0.3) is 11.6 Å². The summed E-state index contributed by atoms with van der Waals surface area (Å²) < 4.78 is 1.83. The van der Waals surface area contributed by atoms with E-state index in [1.807, 2.05) is 25.3 Å². The summed E-state index contributed by atoms with van der Waals surface area (Å²) >= 11 is 13.1. The number of carbonyl (C=O) groups is 2. The number of aromatic nitrogens is 3. The zero-order valence-electron chi connectivity index (χ0n) is 19.7. The van der Waals surface area contributed by atoms with Gasteiger partial charge in [0.1, 0.15) is 0 Å². The zero-order valence-corrected chi connectivity index (χ0v) is 22.0. The number of nitrogens with one attached hydrogen (secondary N) is 2. The lowest BCUT2D eigenvalue weighted by molar-refractivity contribution is -0.384. The van der Waals surface area contributed by atoms with Gasteiger partial charge in [0.15, 0.2) is 11.0 Å². The van der Waals surface area contributed by atoms with Crippen LogP contribution in [0.4, 0.5) is 11.4 Å². The van der Waals surface area contributed by atoms with Gasteiger partial charge in [-0.1, -0.05) is 54.9 Å². The van der Waals surface area contributed by atoms with Crippen LogP contribution in [0.2, 0.25) is 10.0 Å². The number of nitro groups is 1. The predicted octanol–water partition coefficient (Wildman–Crippen LogP) is 5.37. The number of nitro benzene ring substituents is 1. The highest BCUT2D eigenvalue weighted by Gasteiger charge is 2.26. The molecule has 0 aliphatic carbocycles. The van der Waals surface area contributed by atoms with Gasteiger partial charge >= 0.3 is 0 Å². The van der Waals surface area contributed by atoms with Crippen LogP contribution < -0.4 is 10.6 Å². The number of hydrogen-bond donors (Lipinski definition) is 2. The molecule has 0 unspecified atom stereocenters. The molecule has 13 heteroatoms. The van der Waals surface area contributed by atoms with Crippen molar-refractivity contribution in [2.75, 3.05) is 11.1 Å². The second-order valence-corrected chi connectivity index (χ2v) is 9.81. The lowest BCUT2D eigenvalue weighted by Crippen LogP contribution is -2.33. The van der Waals surface area contributed by atoms with E-state index >= 15 is 0 Å². The Labute approximate surface area is 221 Å². The Morgan fingerprint density at radius 1 is 1.14 bits per heavy atom. The molecule has 2 amide bonds. The van der Waals surface area contributed by atoms with Crippen LogP contribution >= 0.6 is 35.0 Å². The van der Waals surface area contributed by atoms with Gasteiger partial charge in [-0.25, -0.2) is 0 Å². The van der Waals surface area contributed by atoms with Crippen molar-refractivity contribution in [2.24, 2.45) is 5.92 Å². The van der Waals surface area contributed by atoms with Crippen LogP contribution in [0.1, 0.15) is 43.0 Å². The Balaban J connectivity index is 1.72. The average Bonchev–Trinajstić information content (AvgIpc) is 3.25. The third kappa shape index (κ3) is 6.74. The molecule has 0 spiro atoms. The average molecular weight is 551 g/mol. The van der Waals surface area contributed by atoms with Gasteiger partial charge in [-0.15, -0.1) is 10.2 Å². The van der Waals surface area contributed by atoms with Crippen molar-refractivity contribution in [3.8, 4) is 0 Å². The van der Waals surface area contributed by atoms with Gasteiger partial charge in [0.05, 0.1) is 26.8 Å². The molecular formula is C23H24Cl2N6O4S. The number of benzene rings is 2. The second kappa shape index (κ2) is 12.2. The first kappa shape index (κ1) is 27.4. The number of thioether (sulfide) groups is 1. The third-order valence-electron chi connectivity index (χ3n) is 5.15. The minimum Gasteiger partial charge on any atom is -0.342 e. The number of carbonyl (C=O) groups excluding carboxylic acids is 2. The van der Waals surface area contributed by atoms with E-state index in [-0.39, 0.29) is 28.8 Å². The molecule has 10 nitrogen and oxygen atoms in total. The van der Waals surface area contributed by atoms with Crippen molar-refractivity contribution < 1.29 is 14.5 Å². The van der Waals surface area contributed by atoms with Gasteiger partial charge in [-0.3, -0.25) is 19.7 Å². The Morgan fingerprint density at radius 3 is 2.53 bits per heavy atom. The summed E-state index contributed by atoms with van der Waals surface area (Å²) in [4.78, 5) is 35.8. The van der Waals surface area contributed by atoms with Crippen molar-refractivity contribution in [2.45, 2.75) is 38.5 Å². The molecule has 0 radical (unpaired) electrons. The van der Waals surface area contributed by atoms with Crippen molar-refractivity contribution >= 4 is 58.2 Å². The minimum atomic E-state index is -0.550. The molecule has 190 valence electrons. The van der Waals surface area contributed by atoms with Crippen LogP contribution in [0.25, 0.3) is 0 Å². The van der Waals surface area contributed by atoms with Gasteiger partial charge in [0.2, 0.25) is 5.91 Å². The minimum absolute atomic E-state index is 0.0575. The van der Waals surface area contributed by atoms with Crippen LogP contribution in [-0.2, 0) is 11.3 Å². The smallest absolute Gasteiger partial charge is 0.270 e. The predicted molar refractivity (Wildman–Crippen MR) is 140 cm³/mol. The van der Waals surface area contributed by atoms with E-state index in [4.69, 9.17) is 23.2 Å². The van der Waals surface area contributed by atoms with E-state index in [1.54, 1.807) is 18.2 Å². The summed E-state index contributed by atoms with van der Waals surface area (Å²) in [7, 11) is 0. The summed E-state index contributed by atoms with van der Waals surface area (Å²) in [6.07, 6.45) is 0. The van der Waals surface area contributed by atoms with Crippen molar-refractivity contribution in [3.05, 3.63) is 74.0 Å². The highest BCUT2D eigenvalue weighted by molar-refractivity contribution is 7.99. The fraction of sp³-hybridized carbons (Fsp3) is 0.304. The van der Waals surface area contributed by atoms with E-state index in [9.17, 15) is 19.7 Å². The Kier molecular flexibility index (Phi) is 9.30. The number of non-ortho nitro benzene ring substituents is 1. The summed E-state index contributed by atoms with van der Waals surface area (Å²) in [5.74, 6) is -0.176. The molecule has 0 saturated carbocycles. The molecule has 36 heavy (non-hydrogen) atoms. The Morgan fingerprint density at radius 2 is 1.89 bits per heavy atom. The number of nitrogens with zero attached hydrogens (tertiary/aromatic N) is 4. The van der Waals surface area contributed by atoms with E-state index in [2.05, 4.69) is 20.8 Å². The van der Waals surface area contributed by atoms with E-state index in [0.717, 1.165) is 0 Å². The number of halogens is 2. The molecule has 1 heterocycles. The monoisotopic (exact) mass is 550 g/mol. The fourth-order valence-corrected chi connectivity index (χ4v) is 4.46. The topological polar surface area (TPSA) is 132 Å². The zero-order chi connectivity index (χ0) is 26.4. The molecule has 3 aromatic rings. The molecule has 2 N–H and O–H groups in total. The molecule has 1 aromatic heterocycles. The van der Waals surface area contributed by atoms with Crippen molar-refractivity contribution in [3.63, 3.8) is 0 Å². The summed E-state index contributed by atoms with van der Waals surface area (Å²) in [5.41, 5.74) is 0.528. The fourth-order valence-electron chi connectivity index (χ4n) is 3.35. The maximum atomic E-state index is 12.9. The molecule has 0 fully saturated rings. The number of amides is 2. The normalized spacial score (nSPS) is 11.8. The highest BCUT2D eigenvalue weighted by Crippen LogP contribution is 2.27. The molecular weight excluding hydrogens is 527 g/mol. The van der Waals surface area contributed by atoms with Gasteiger partial charge in [-0.05, 0) is 37.1 Å². The molecule has 0 aliphatic heterocycles. The lowest BCUT2D eigenvalue weighted by atomic mass is 10.0. The van der Waals surface area contributed by atoms with Gasteiger partial charge < -0.3 is 15.2 Å². The SMILES string of the molecule is CCn1c(SCC(=O)Nc2ccc(Cl)c(Cl)c2)nnc1[C@@H](NC(=O)c1cccc([N+](=O)[O-])c1)C(C)C. The van der Waals surface area contributed by atoms with Crippen LogP contribution in [0.15, 0.2) is 47.6 Å². The standard InChI is InChI=1S/C23H24Cl2N6O4S/c1-4-30-21(20(13(2)3)27-22(33)14-6-5-7-16(10-14)31(34)35)28-29-23(30)36-12-19(32)26-15-8-9-17(24)18(25)11-15/h5-11,13,20H,4,12H2,1-3H3,(H,26,32)(H,27,33)/t20-/m0/s1. The lowest BCUT2D eigenvalue weighted by Gasteiger charge is -2.22. The van der Waals surface area contributed by atoms with Crippen LogP contribution in [0, 0.1) is 16.0 Å². The third-order valence-corrected chi connectivity index (χ3v) is 6.85. The second-order valence-electron chi connectivity index (χ2n) is 8.05. The Hall–Kier alpha value is -3.15. The first-order valence-corrected chi connectivity index (χ1v) is 12.7. The largest absolute Gasteiger partial charge is 0.342 e. The maximum Gasteiger partial charge on any atom is 0.270 e.